The first-order valence-electron chi connectivity index (χ1n) is 6.00. The lowest BCUT2D eigenvalue weighted by Gasteiger charge is -2.26. The molecule has 0 amide bonds. The summed E-state index contributed by atoms with van der Waals surface area (Å²) in [7, 11) is 0. The van der Waals surface area contributed by atoms with Crippen LogP contribution in [0.4, 0.5) is 0 Å². The van der Waals surface area contributed by atoms with Crippen LogP contribution >= 0.6 is 0 Å². The summed E-state index contributed by atoms with van der Waals surface area (Å²) < 4.78 is 0. The van der Waals surface area contributed by atoms with E-state index in [2.05, 4.69) is 49.1 Å². The zero-order valence-corrected chi connectivity index (χ0v) is 10.9. The summed E-state index contributed by atoms with van der Waals surface area (Å²) in [6, 6.07) is 13.0. The molecule has 90 valence electrons. The third-order valence-corrected chi connectivity index (χ3v) is 2.82. The smallest absolute Gasteiger partial charge is 0.0957 e. The lowest BCUT2D eigenvalue weighted by molar-refractivity contribution is 0.234. The van der Waals surface area contributed by atoms with E-state index < -0.39 is 0 Å². The molecule has 17 heavy (non-hydrogen) atoms. The number of benzene rings is 1. The fourth-order valence-electron chi connectivity index (χ4n) is 1.65. The van der Waals surface area contributed by atoms with Crippen molar-refractivity contribution in [1.82, 2.24) is 4.90 Å². The zero-order valence-electron chi connectivity index (χ0n) is 10.9. The molecule has 0 N–H and O–H groups in total. The molecule has 0 atom stereocenters. The molecule has 0 spiro atoms. The molecule has 0 aliphatic rings. The van der Waals surface area contributed by atoms with Crippen LogP contribution in [0.3, 0.4) is 0 Å². The van der Waals surface area contributed by atoms with Crippen LogP contribution in [0, 0.1) is 11.3 Å². The van der Waals surface area contributed by atoms with Gasteiger partial charge in [0.15, 0.2) is 0 Å². The first kappa shape index (κ1) is 13.5. The molecule has 0 saturated heterocycles. The normalized spacial score (nSPS) is 11.9. The van der Waals surface area contributed by atoms with Crippen molar-refractivity contribution in [2.24, 2.45) is 0 Å². The van der Waals surface area contributed by atoms with Crippen LogP contribution in [-0.2, 0) is 6.54 Å². The van der Waals surface area contributed by atoms with Gasteiger partial charge in [-0.1, -0.05) is 36.4 Å². The summed E-state index contributed by atoms with van der Waals surface area (Å²) in [5.74, 6) is 0. The Balaban J connectivity index is 2.72. The minimum absolute atomic E-state index is 0.429. The van der Waals surface area contributed by atoms with Crippen molar-refractivity contribution in [3.63, 3.8) is 0 Å². The summed E-state index contributed by atoms with van der Waals surface area (Å²) in [6.07, 6.45) is 1.89. The van der Waals surface area contributed by atoms with Crippen LogP contribution in [-0.4, -0.2) is 17.5 Å². The second-order valence-electron chi connectivity index (χ2n) is 4.41. The average molecular weight is 228 g/mol. The maximum absolute atomic E-state index is 8.98. The van der Waals surface area contributed by atoms with Gasteiger partial charge in [0.05, 0.1) is 6.07 Å². The fourth-order valence-corrected chi connectivity index (χ4v) is 1.65. The molecule has 0 aromatic heterocycles. The second kappa shape index (κ2) is 6.88. The van der Waals surface area contributed by atoms with Gasteiger partial charge >= 0.3 is 0 Å². The van der Waals surface area contributed by atoms with E-state index in [0.29, 0.717) is 6.04 Å². The molecule has 1 aromatic rings. The molecule has 0 bridgehead atoms. The van der Waals surface area contributed by atoms with E-state index in [9.17, 15) is 0 Å². The Hall–Kier alpha value is -1.59. The van der Waals surface area contributed by atoms with Gasteiger partial charge < -0.3 is 0 Å². The van der Waals surface area contributed by atoms with Gasteiger partial charge in [-0.25, -0.2) is 0 Å². The Labute approximate surface area is 104 Å². The molecule has 0 radical (unpaired) electrons. The fraction of sp³-hybridized carbons (Fsp3) is 0.400. The molecule has 0 aliphatic carbocycles. The molecule has 1 rings (SSSR count). The number of hydrogen-bond acceptors (Lipinski definition) is 2. The second-order valence-corrected chi connectivity index (χ2v) is 4.41. The third kappa shape index (κ3) is 4.42. The van der Waals surface area contributed by atoms with Gasteiger partial charge in [0.25, 0.3) is 0 Å². The Kier molecular flexibility index (Phi) is 5.45. The highest BCUT2D eigenvalue weighted by molar-refractivity contribution is 5.22. The van der Waals surface area contributed by atoms with Crippen molar-refractivity contribution in [2.45, 2.75) is 33.4 Å². The van der Waals surface area contributed by atoms with Crippen molar-refractivity contribution in [2.75, 3.05) is 6.54 Å². The number of rotatable bonds is 5. The number of hydrogen-bond donors (Lipinski definition) is 0. The Morgan fingerprint density at radius 2 is 2.00 bits per heavy atom. The first-order chi connectivity index (χ1) is 8.17. The molecule has 2 heteroatoms. The maximum Gasteiger partial charge on any atom is 0.0957 e. The average Bonchev–Trinajstić information content (AvgIpc) is 2.35. The monoisotopic (exact) mass is 228 g/mol. The van der Waals surface area contributed by atoms with Crippen LogP contribution in [0.1, 0.15) is 26.3 Å². The van der Waals surface area contributed by atoms with Crippen molar-refractivity contribution in [3.8, 4) is 6.07 Å². The van der Waals surface area contributed by atoms with E-state index in [4.69, 9.17) is 5.26 Å². The lowest BCUT2D eigenvalue weighted by Crippen LogP contribution is -2.32. The van der Waals surface area contributed by atoms with Crippen molar-refractivity contribution < 1.29 is 0 Å². The molecule has 0 heterocycles. The molecular formula is C15H20N2. The van der Waals surface area contributed by atoms with E-state index >= 15 is 0 Å². The summed E-state index contributed by atoms with van der Waals surface area (Å²) in [6.45, 7) is 7.85. The van der Waals surface area contributed by atoms with Crippen molar-refractivity contribution >= 4 is 0 Å². The number of nitriles is 1. The minimum atomic E-state index is 0.429. The first-order valence-corrected chi connectivity index (χ1v) is 6.00. The van der Waals surface area contributed by atoms with Crippen LogP contribution in [0.2, 0.25) is 0 Å². The van der Waals surface area contributed by atoms with E-state index in [1.165, 1.54) is 5.56 Å². The molecule has 1 aromatic carbocycles. The molecule has 0 unspecified atom stereocenters. The van der Waals surface area contributed by atoms with Crippen molar-refractivity contribution in [1.29, 1.82) is 5.26 Å². The molecule has 2 nitrogen and oxygen atoms in total. The maximum atomic E-state index is 8.98. The zero-order chi connectivity index (χ0) is 12.7. The minimum Gasteiger partial charge on any atom is -0.292 e. The molecule has 0 fully saturated rings. The summed E-state index contributed by atoms with van der Waals surface area (Å²) in [4.78, 5) is 2.30. The lowest BCUT2D eigenvalue weighted by atomic mass is 10.1. The van der Waals surface area contributed by atoms with Gasteiger partial charge in [0, 0.05) is 24.7 Å². The van der Waals surface area contributed by atoms with Gasteiger partial charge in [-0.2, -0.15) is 5.26 Å². The van der Waals surface area contributed by atoms with Crippen LogP contribution in [0.5, 0.6) is 0 Å². The highest BCUT2D eigenvalue weighted by atomic mass is 15.1. The van der Waals surface area contributed by atoms with E-state index in [1.807, 2.05) is 19.1 Å². The van der Waals surface area contributed by atoms with E-state index in [1.54, 1.807) is 0 Å². The molecule has 0 saturated carbocycles. The van der Waals surface area contributed by atoms with Gasteiger partial charge in [-0.15, -0.1) is 0 Å². The topological polar surface area (TPSA) is 27.0 Å². The summed E-state index contributed by atoms with van der Waals surface area (Å²) in [5, 5.41) is 8.98. The van der Waals surface area contributed by atoms with Crippen molar-refractivity contribution in [3.05, 3.63) is 47.5 Å². The third-order valence-electron chi connectivity index (χ3n) is 2.82. The van der Waals surface area contributed by atoms with Crippen LogP contribution in [0.15, 0.2) is 42.0 Å². The largest absolute Gasteiger partial charge is 0.292 e. The quantitative estimate of drug-likeness (QED) is 0.722. The van der Waals surface area contributed by atoms with Crippen LogP contribution in [0.25, 0.3) is 0 Å². The Morgan fingerprint density at radius 1 is 1.35 bits per heavy atom. The van der Waals surface area contributed by atoms with Gasteiger partial charge in [-0.05, 0) is 26.3 Å². The van der Waals surface area contributed by atoms with Gasteiger partial charge in [0.1, 0.15) is 0 Å². The van der Waals surface area contributed by atoms with Gasteiger partial charge in [-0.3, -0.25) is 4.90 Å². The standard InChI is InChI=1S/C15H20N2/c1-4-14(10-16)11-17(13(2)3)12-15-8-6-5-7-9-15/h4-9,13H,11-12H2,1-3H3/b14-4-. The predicted octanol–water partition coefficient (Wildman–Crippen LogP) is 3.37. The number of allylic oxidation sites excluding steroid dienone is 1. The van der Waals surface area contributed by atoms with Crippen LogP contribution < -0.4 is 0 Å². The summed E-state index contributed by atoms with van der Waals surface area (Å²) in [5.41, 5.74) is 2.12. The Morgan fingerprint density at radius 3 is 2.47 bits per heavy atom. The predicted molar refractivity (Wildman–Crippen MR) is 71.4 cm³/mol. The molecular weight excluding hydrogens is 208 g/mol. The highest BCUT2D eigenvalue weighted by Gasteiger charge is 2.11. The Bertz CT molecular complexity index is 399. The SMILES string of the molecule is C/C=C(/C#N)CN(Cc1ccccc1)C(C)C. The van der Waals surface area contributed by atoms with Gasteiger partial charge in [0.2, 0.25) is 0 Å². The summed E-state index contributed by atoms with van der Waals surface area (Å²) >= 11 is 0. The highest BCUT2D eigenvalue weighted by Crippen LogP contribution is 2.10. The molecule has 0 aliphatic heterocycles. The van der Waals surface area contributed by atoms with E-state index in [0.717, 1.165) is 18.7 Å². The number of nitrogens with zero attached hydrogens (tertiary/aromatic N) is 2. The van der Waals surface area contributed by atoms with E-state index in [-0.39, 0.29) is 0 Å².